The molecule has 0 bridgehead atoms. The van der Waals surface area contributed by atoms with Crippen LogP contribution in [-0.4, -0.2) is 69.1 Å². The van der Waals surface area contributed by atoms with Gasteiger partial charge in [0.25, 0.3) is 5.91 Å². The van der Waals surface area contributed by atoms with E-state index in [4.69, 9.17) is 0 Å². The van der Waals surface area contributed by atoms with Crippen molar-refractivity contribution in [2.75, 3.05) is 38.5 Å². The molecule has 1 aliphatic rings. The number of nitrogens with one attached hydrogen (secondary N) is 2. The quantitative estimate of drug-likeness (QED) is 0.450. The Bertz CT molecular complexity index is 1420. The van der Waals surface area contributed by atoms with Crippen molar-refractivity contribution < 1.29 is 4.79 Å². The van der Waals surface area contributed by atoms with Gasteiger partial charge in [-0.15, -0.1) is 0 Å². The first-order chi connectivity index (χ1) is 17.0. The molecule has 4 heterocycles. The first-order valence-electron chi connectivity index (χ1n) is 11.6. The van der Waals surface area contributed by atoms with Crippen molar-refractivity contribution in [2.45, 2.75) is 13.5 Å². The average molecular weight is 466 g/mol. The molecule has 1 aliphatic heterocycles. The van der Waals surface area contributed by atoms with Gasteiger partial charge in [0.2, 0.25) is 0 Å². The topological polar surface area (TPSA) is 90.0 Å². The highest BCUT2D eigenvalue weighted by Gasteiger charge is 2.15. The van der Waals surface area contributed by atoms with Gasteiger partial charge >= 0.3 is 0 Å². The molecule has 0 radical (unpaired) electrons. The Morgan fingerprint density at radius 3 is 2.80 bits per heavy atom. The van der Waals surface area contributed by atoms with E-state index in [0.717, 1.165) is 43.9 Å². The first kappa shape index (κ1) is 22.7. The van der Waals surface area contributed by atoms with Gasteiger partial charge in [-0.1, -0.05) is 12.0 Å². The van der Waals surface area contributed by atoms with Crippen LogP contribution < -0.4 is 5.32 Å². The highest BCUT2D eigenvalue weighted by atomic mass is 16.1. The molecule has 0 unspecified atom stereocenters. The maximum Gasteiger partial charge on any atom is 0.257 e. The number of aromatic nitrogens is 4. The summed E-state index contributed by atoms with van der Waals surface area (Å²) < 4.78 is 0. The molecule has 0 saturated carbocycles. The third kappa shape index (κ3) is 5.38. The summed E-state index contributed by atoms with van der Waals surface area (Å²) in [6.07, 6.45) is 4.88. The largest absolute Gasteiger partial charge is 0.322 e. The summed E-state index contributed by atoms with van der Waals surface area (Å²) in [4.78, 5) is 26.2. The second-order valence-electron chi connectivity index (χ2n) is 8.86. The summed E-state index contributed by atoms with van der Waals surface area (Å²) >= 11 is 0. The summed E-state index contributed by atoms with van der Waals surface area (Å²) in [5, 5.41) is 10.1. The maximum atomic E-state index is 12.9. The lowest BCUT2D eigenvalue weighted by Crippen LogP contribution is -2.43. The molecule has 176 valence electrons. The molecule has 35 heavy (non-hydrogen) atoms. The first-order valence-corrected chi connectivity index (χ1v) is 11.6. The fourth-order valence-corrected chi connectivity index (χ4v) is 4.10. The number of likely N-dealkylation sites (N-methyl/N-ethyl adjacent to an activating group) is 1. The lowest BCUT2D eigenvalue weighted by atomic mass is 10.1. The minimum absolute atomic E-state index is 0.221. The van der Waals surface area contributed by atoms with E-state index < -0.39 is 0 Å². The van der Waals surface area contributed by atoms with E-state index >= 15 is 0 Å². The SMILES string of the molecule is Cc1cc(NC(=O)c2cncc(C#Cc3[nH]nc4cccnc34)c2)ccc1CN1CCN(C)CC1. The van der Waals surface area contributed by atoms with Crippen molar-refractivity contribution in [1.82, 2.24) is 30.0 Å². The summed E-state index contributed by atoms with van der Waals surface area (Å²) in [7, 11) is 2.16. The van der Waals surface area contributed by atoms with Gasteiger partial charge in [-0.25, -0.2) is 0 Å². The molecule has 1 aromatic carbocycles. The van der Waals surface area contributed by atoms with Crippen LogP contribution >= 0.6 is 0 Å². The third-order valence-corrected chi connectivity index (χ3v) is 6.23. The van der Waals surface area contributed by atoms with Crippen LogP contribution in [0.4, 0.5) is 5.69 Å². The van der Waals surface area contributed by atoms with Crippen LogP contribution in [0.2, 0.25) is 0 Å². The normalized spacial score (nSPS) is 14.5. The Morgan fingerprint density at radius 2 is 1.97 bits per heavy atom. The number of amides is 1. The zero-order valence-electron chi connectivity index (χ0n) is 19.9. The minimum Gasteiger partial charge on any atom is -0.322 e. The molecule has 0 atom stereocenters. The Balaban J connectivity index is 1.26. The summed E-state index contributed by atoms with van der Waals surface area (Å²) in [6, 6.07) is 11.5. The summed E-state index contributed by atoms with van der Waals surface area (Å²) in [5.41, 5.74) is 6.40. The summed E-state index contributed by atoms with van der Waals surface area (Å²) in [5.74, 6) is 5.86. The Hall–Kier alpha value is -4.06. The van der Waals surface area contributed by atoms with Crippen LogP contribution in [0.15, 0.2) is 55.0 Å². The number of nitrogens with zero attached hydrogens (tertiary/aromatic N) is 5. The van der Waals surface area contributed by atoms with Crippen LogP contribution in [0, 0.1) is 18.8 Å². The molecule has 0 spiro atoms. The van der Waals surface area contributed by atoms with Crippen LogP contribution in [0.5, 0.6) is 0 Å². The minimum atomic E-state index is -0.221. The molecule has 5 rings (SSSR count). The van der Waals surface area contributed by atoms with Crippen LogP contribution in [0.3, 0.4) is 0 Å². The van der Waals surface area contributed by atoms with Crippen molar-refractivity contribution in [2.24, 2.45) is 0 Å². The summed E-state index contributed by atoms with van der Waals surface area (Å²) in [6.45, 7) is 7.37. The lowest BCUT2D eigenvalue weighted by molar-refractivity contribution is 0.102. The molecule has 1 saturated heterocycles. The van der Waals surface area contributed by atoms with Gasteiger partial charge in [-0.2, -0.15) is 5.10 Å². The Kier molecular flexibility index (Phi) is 6.53. The van der Waals surface area contributed by atoms with Crippen LogP contribution in [-0.2, 0) is 6.54 Å². The van der Waals surface area contributed by atoms with E-state index in [1.807, 2.05) is 24.3 Å². The predicted molar refractivity (Wildman–Crippen MR) is 136 cm³/mol. The molecule has 3 aromatic heterocycles. The van der Waals surface area contributed by atoms with Gasteiger partial charge in [-0.05, 0) is 61.4 Å². The van der Waals surface area contributed by atoms with E-state index in [1.165, 1.54) is 11.1 Å². The van der Waals surface area contributed by atoms with Gasteiger partial charge in [-0.3, -0.25) is 24.8 Å². The standard InChI is InChI=1S/C27H27N7O/c1-19-14-23(7-6-21(19)18-34-12-10-33(2)11-13-34)30-27(35)22-15-20(16-28-17-22)5-8-25-26-24(31-32-25)4-3-9-29-26/h3-4,6-7,9,14-17H,10-13,18H2,1-2H3,(H,30,35)(H,31,32). The molecule has 0 aliphatic carbocycles. The number of anilines is 1. The highest BCUT2D eigenvalue weighted by Crippen LogP contribution is 2.19. The number of piperazine rings is 1. The van der Waals surface area contributed by atoms with E-state index in [0.29, 0.717) is 22.3 Å². The fourth-order valence-electron chi connectivity index (χ4n) is 4.10. The molecule has 2 N–H and O–H groups in total. The van der Waals surface area contributed by atoms with Crippen molar-refractivity contribution in [3.05, 3.63) is 82.9 Å². The molecule has 8 heteroatoms. The number of carbonyl (C=O) groups excluding carboxylic acids is 1. The maximum absolute atomic E-state index is 12.9. The smallest absolute Gasteiger partial charge is 0.257 e. The van der Waals surface area contributed by atoms with E-state index in [9.17, 15) is 4.79 Å². The van der Waals surface area contributed by atoms with Crippen molar-refractivity contribution in [1.29, 1.82) is 0 Å². The highest BCUT2D eigenvalue weighted by molar-refractivity contribution is 6.04. The van der Waals surface area contributed by atoms with E-state index in [2.05, 4.69) is 67.2 Å². The van der Waals surface area contributed by atoms with Crippen LogP contribution in [0.1, 0.15) is 32.7 Å². The number of benzene rings is 1. The predicted octanol–water partition coefficient (Wildman–Crippen LogP) is 3.06. The van der Waals surface area contributed by atoms with Crippen molar-refractivity contribution in [3.8, 4) is 11.8 Å². The van der Waals surface area contributed by atoms with Gasteiger partial charge in [0.15, 0.2) is 0 Å². The number of hydrogen-bond donors (Lipinski definition) is 2. The van der Waals surface area contributed by atoms with Gasteiger partial charge in [0.05, 0.1) is 5.56 Å². The molecular formula is C27H27N7O. The molecule has 1 fully saturated rings. The number of carbonyl (C=O) groups is 1. The van der Waals surface area contributed by atoms with Crippen molar-refractivity contribution >= 4 is 22.6 Å². The number of fused-ring (bicyclic) bond motifs is 1. The number of aryl methyl sites for hydroxylation is 1. The zero-order chi connectivity index (χ0) is 24.2. The Morgan fingerprint density at radius 1 is 1.11 bits per heavy atom. The number of rotatable bonds is 4. The molecule has 8 nitrogen and oxygen atoms in total. The number of hydrogen-bond acceptors (Lipinski definition) is 6. The number of aromatic amines is 1. The monoisotopic (exact) mass is 465 g/mol. The number of H-pyrrole nitrogens is 1. The number of pyridine rings is 2. The molecule has 1 amide bonds. The fraction of sp³-hybridized carbons (Fsp3) is 0.259. The van der Waals surface area contributed by atoms with E-state index in [1.54, 1.807) is 24.7 Å². The van der Waals surface area contributed by atoms with Crippen molar-refractivity contribution in [3.63, 3.8) is 0 Å². The van der Waals surface area contributed by atoms with Crippen LogP contribution in [0.25, 0.3) is 11.0 Å². The zero-order valence-corrected chi connectivity index (χ0v) is 19.9. The van der Waals surface area contributed by atoms with Gasteiger partial charge < -0.3 is 10.2 Å². The van der Waals surface area contributed by atoms with Gasteiger partial charge in [0, 0.05) is 62.6 Å². The third-order valence-electron chi connectivity index (χ3n) is 6.23. The second kappa shape index (κ2) is 10.1. The molecular weight excluding hydrogens is 438 g/mol. The Labute approximate surface area is 204 Å². The second-order valence-corrected chi connectivity index (χ2v) is 8.86. The van der Waals surface area contributed by atoms with Gasteiger partial charge in [0.1, 0.15) is 16.7 Å². The average Bonchev–Trinajstić information content (AvgIpc) is 3.29. The molecule has 4 aromatic rings. The van der Waals surface area contributed by atoms with E-state index in [-0.39, 0.29) is 5.91 Å². The lowest BCUT2D eigenvalue weighted by Gasteiger charge is -2.32.